The van der Waals surface area contributed by atoms with Crippen LogP contribution in [0.1, 0.15) is 24.8 Å². The molecular formula is C10H13BO4. The van der Waals surface area contributed by atoms with Gasteiger partial charge in [-0.3, -0.25) is 0 Å². The van der Waals surface area contributed by atoms with Gasteiger partial charge < -0.3 is 19.8 Å². The predicted molar refractivity (Wildman–Crippen MR) is 55.0 cm³/mol. The molecule has 0 spiro atoms. The van der Waals surface area contributed by atoms with E-state index in [-0.39, 0.29) is 0 Å². The Hall–Kier alpha value is -1.04. The predicted octanol–water partition coefficient (Wildman–Crippen LogP) is 0.406. The van der Waals surface area contributed by atoms with Crippen LogP contribution in [0.25, 0.3) is 0 Å². The van der Waals surface area contributed by atoms with Gasteiger partial charge in [-0.25, -0.2) is 0 Å². The molecule has 80 valence electrons. The van der Waals surface area contributed by atoms with Crippen molar-refractivity contribution in [3.63, 3.8) is 0 Å². The van der Waals surface area contributed by atoms with Gasteiger partial charge in [0.2, 0.25) is 0 Å². The van der Waals surface area contributed by atoms with Crippen LogP contribution in [0.5, 0.6) is 5.75 Å². The number of hydrogen-bond donors (Lipinski definition) is 3. The summed E-state index contributed by atoms with van der Waals surface area (Å²) in [6.45, 7) is 0. The quantitative estimate of drug-likeness (QED) is 0.629. The van der Waals surface area contributed by atoms with Gasteiger partial charge in [0, 0.05) is 0 Å². The van der Waals surface area contributed by atoms with E-state index in [0.717, 1.165) is 24.8 Å². The molecular weight excluding hydrogens is 195 g/mol. The smallest absolute Gasteiger partial charge is 0.512 e. The highest BCUT2D eigenvalue weighted by molar-refractivity contribution is 6.33. The van der Waals surface area contributed by atoms with E-state index in [1.807, 2.05) is 0 Å². The summed E-state index contributed by atoms with van der Waals surface area (Å²) in [7, 11) is -1.80. The van der Waals surface area contributed by atoms with Gasteiger partial charge in [0.1, 0.15) is 5.75 Å². The van der Waals surface area contributed by atoms with Crippen molar-refractivity contribution in [2.24, 2.45) is 0 Å². The summed E-state index contributed by atoms with van der Waals surface area (Å²) in [6.07, 6.45) is 2.62. The molecule has 1 aliphatic carbocycles. The van der Waals surface area contributed by atoms with Crippen molar-refractivity contribution in [3.8, 4) is 5.75 Å². The molecule has 0 radical (unpaired) electrons. The lowest BCUT2D eigenvalue weighted by Crippen LogP contribution is -2.33. The fourth-order valence-electron chi connectivity index (χ4n) is 1.77. The summed E-state index contributed by atoms with van der Waals surface area (Å²) in [5.74, 6) is 0.372. The lowest BCUT2D eigenvalue weighted by atomic mass is 9.75. The van der Waals surface area contributed by atoms with Crippen molar-refractivity contribution >= 4 is 7.32 Å². The second-order valence-corrected chi connectivity index (χ2v) is 3.85. The van der Waals surface area contributed by atoms with E-state index in [1.54, 1.807) is 24.3 Å². The molecule has 0 aliphatic heterocycles. The van der Waals surface area contributed by atoms with E-state index in [1.165, 1.54) is 0 Å². The largest absolute Gasteiger partial charge is 0.707 e. The maximum Gasteiger partial charge on any atom is 0.707 e. The zero-order chi connectivity index (χ0) is 10.9. The van der Waals surface area contributed by atoms with Gasteiger partial charge in [-0.2, -0.15) is 0 Å². The highest BCUT2D eigenvalue weighted by Gasteiger charge is 2.35. The minimum atomic E-state index is -1.80. The first-order valence-corrected chi connectivity index (χ1v) is 4.96. The van der Waals surface area contributed by atoms with E-state index in [4.69, 9.17) is 10.0 Å². The average Bonchev–Trinajstić information content (AvgIpc) is 2.14. The standard InChI is InChI=1S/C10H13BO4/c12-10(6-1-7-10)8-2-4-9(5-3-8)15-11(13)14/h2-5,12-14H,1,6-7H2. The monoisotopic (exact) mass is 208 g/mol. The minimum Gasteiger partial charge on any atom is -0.512 e. The molecule has 0 bridgehead atoms. The van der Waals surface area contributed by atoms with Crippen LogP contribution in [-0.2, 0) is 5.60 Å². The molecule has 3 N–H and O–H groups in total. The number of rotatable bonds is 3. The van der Waals surface area contributed by atoms with Crippen molar-refractivity contribution in [1.82, 2.24) is 0 Å². The fourth-order valence-corrected chi connectivity index (χ4v) is 1.77. The summed E-state index contributed by atoms with van der Waals surface area (Å²) >= 11 is 0. The molecule has 1 aliphatic rings. The van der Waals surface area contributed by atoms with Crippen LogP contribution < -0.4 is 4.65 Å². The third-order valence-electron chi connectivity index (χ3n) is 2.81. The Morgan fingerprint density at radius 3 is 2.13 bits per heavy atom. The lowest BCUT2D eigenvalue weighted by molar-refractivity contribution is -0.0388. The van der Waals surface area contributed by atoms with E-state index in [2.05, 4.69) is 4.65 Å². The van der Waals surface area contributed by atoms with Crippen molar-refractivity contribution in [2.45, 2.75) is 24.9 Å². The van der Waals surface area contributed by atoms with Crippen LogP contribution in [0.15, 0.2) is 24.3 Å². The Kier molecular flexibility index (Phi) is 2.69. The maximum atomic E-state index is 10.0. The van der Waals surface area contributed by atoms with E-state index < -0.39 is 12.9 Å². The molecule has 0 amide bonds. The molecule has 1 saturated carbocycles. The number of benzene rings is 1. The van der Waals surface area contributed by atoms with Gasteiger partial charge in [-0.15, -0.1) is 0 Å². The van der Waals surface area contributed by atoms with Gasteiger partial charge in [0.15, 0.2) is 0 Å². The number of hydrogen-bond acceptors (Lipinski definition) is 4. The molecule has 0 aromatic heterocycles. The molecule has 0 unspecified atom stereocenters. The first-order chi connectivity index (χ1) is 7.10. The highest BCUT2D eigenvalue weighted by Crippen LogP contribution is 2.41. The van der Waals surface area contributed by atoms with Crippen LogP contribution >= 0.6 is 0 Å². The van der Waals surface area contributed by atoms with Crippen LogP contribution in [0, 0.1) is 0 Å². The van der Waals surface area contributed by atoms with Crippen molar-refractivity contribution in [3.05, 3.63) is 29.8 Å². The van der Waals surface area contributed by atoms with Gasteiger partial charge in [-0.05, 0) is 37.0 Å². The van der Waals surface area contributed by atoms with Crippen LogP contribution in [0.3, 0.4) is 0 Å². The SMILES string of the molecule is OB(O)Oc1ccc(C2(O)CCC2)cc1. The summed E-state index contributed by atoms with van der Waals surface area (Å²) < 4.78 is 4.66. The zero-order valence-electron chi connectivity index (χ0n) is 8.26. The lowest BCUT2D eigenvalue weighted by Gasteiger charge is -2.37. The van der Waals surface area contributed by atoms with E-state index in [9.17, 15) is 5.11 Å². The van der Waals surface area contributed by atoms with Gasteiger partial charge in [-0.1, -0.05) is 12.1 Å². The topological polar surface area (TPSA) is 69.9 Å². The Labute approximate surface area is 88.3 Å². The molecule has 0 saturated heterocycles. The minimum absolute atomic E-state index is 0.372. The highest BCUT2D eigenvalue weighted by atomic mass is 16.6. The molecule has 1 aromatic carbocycles. The van der Waals surface area contributed by atoms with Crippen LogP contribution in [0.4, 0.5) is 0 Å². The zero-order valence-corrected chi connectivity index (χ0v) is 8.26. The Bertz CT molecular complexity index is 332. The second kappa shape index (κ2) is 3.85. The molecule has 2 rings (SSSR count). The van der Waals surface area contributed by atoms with Crippen LogP contribution in [-0.4, -0.2) is 22.5 Å². The van der Waals surface area contributed by atoms with Crippen LogP contribution in [0.2, 0.25) is 0 Å². The molecule has 4 nitrogen and oxygen atoms in total. The second-order valence-electron chi connectivity index (χ2n) is 3.85. The fraction of sp³-hybridized carbons (Fsp3) is 0.400. The first kappa shape index (κ1) is 10.5. The third-order valence-corrected chi connectivity index (χ3v) is 2.81. The summed E-state index contributed by atoms with van der Waals surface area (Å²) in [6, 6.07) is 6.73. The normalized spacial score (nSPS) is 18.1. The van der Waals surface area contributed by atoms with Crippen molar-refractivity contribution < 1.29 is 19.8 Å². The maximum absolute atomic E-state index is 10.0. The van der Waals surface area contributed by atoms with E-state index >= 15 is 0 Å². The van der Waals surface area contributed by atoms with Crippen molar-refractivity contribution in [2.75, 3.05) is 0 Å². The van der Waals surface area contributed by atoms with Gasteiger partial charge in [0.25, 0.3) is 0 Å². The Balaban J connectivity index is 2.10. The molecule has 0 atom stereocenters. The van der Waals surface area contributed by atoms with Gasteiger partial charge in [0.05, 0.1) is 5.60 Å². The average molecular weight is 208 g/mol. The van der Waals surface area contributed by atoms with Crippen molar-refractivity contribution in [1.29, 1.82) is 0 Å². The third kappa shape index (κ3) is 2.14. The molecule has 5 heteroatoms. The molecule has 0 heterocycles. The molecule has 15 heavy (non-hydrogen) atoms. The summed E-state index contributed by atoms with van der Waals surface area (Å²) in [4.78, 5) is 0. The first-order valence-electron chi connectivity index (χ1n) is 4.96. The molecule has 1 aromatic rings. The molecule has 1 fully saturated rings. The number of aliphatic hydroxyl groups is 1. The van der Waals surface area contributed by atoms with Gasteiger partial charge >= 0.3 is 7.32 Å². The Morgan fingerprint density at radius 2 is 1.73 bits per heavy atom. The Morgan fingerprint density at radius 1 is 1.13 bits per heavy atom. The van der Waals surface area contributed by atoms with E-state index in [0.29, 0.717) is 5.75 Å². The summed E-state index contributed by atoms with van der Waals surface area (Å²) in [5, 5.41) is 27.2. The summed E-state index contributed by atoms with van der Waals surface area (Å²) in [5.41, 5.74) is 0.171.